The normalized spacial score (nSPS) is 10.3. The predicted octanol–water partition coefficient (Wildman–Crippen LogP) is 2.42. The van der Waals surface area contributed by atoms with Crippen LogP contribution in [0.4, 0.5) is 0 Å². The molecule has 19 heavy (non-hydrogen) atoms. The zero-order valence-electron chi connectivity index (χ0n) is 10.4. The van der Waals surface area contributed by atoms with Crippen molar-refractivity contribution in [2.45, 2.75) is 6.92 Å². The Morgan fingerprint density at radius 2 is 2.26 bits per heavy atom. The Kier molecular flexibility index (Phi) is 4.16. The SMILES string of the molecule is CCOC(=O)c1nc(-c2cc(Br)ccc2OC)n[nH]1. The summed E-state index contributed by atoms with van der Waals surface area (Å²) >= 11 is 3.37. The third-order valence-electron chi connectivity index (χ3n) is 2.36. The minimum absolute atomic E-state index is 0.0684. The second kappa shape index (κ2) is 5.83. The van der Waals surface area contributed by atoms with Gasteiger partial charge in [0.1, 0.15) is 5.75 Å². The van der Waals surface area contributed by atoms with Crippen molar-refractivity contribution in [3.05, 3.63) is 28.5 Å². The van der Waals surface area contributed by atoms with Gasteiger partial charge in [0, 0.05) is 4.47 Å². The minimum atomic E-state index is -0.532. The highest BCUT2D eigenvalue weighted by Gasteiger charge is 2.16. The Morgan fingerprint density at radius 1 is 1.47 bits per heavy atom. The number of hydrogen-bond donors (Lipinski definition) is 1. The number of rotatable bonds is 4. The first-order valence-electron chi connectivity index (χ1n) is 5.59. The molecule has 6 nitrogen and oxygen atoms in total. The van der Waals surface area contributed by atoms with Gasteiger partial charge in [-0.1, -0.05) is 15.9 Å². The van der Waals surface area contributed by atoms with Crippen molar-refractivity contribution < 1.29 is 14.3 Å². The molecular weight excluding hydrogens is 314 g/mol. The van der Waals surface area contributed by atoms with Crippen molar-refractivity contribution in [3.63, 3.8) is 0 Å². The number of ether oxygens (including phenoxy) is 2. The second-order valence-corrected chi connectivity index (χ2v) is 4.49. The first-order chi connectivity index (χ1) is 9.15. The summed E-state index contributed by atoms with van der Waals surface area (Å²) in [6, 6.07) is 5.46. The van der Waals surface area contributed by atoms with E-state index in [-0.39, 0.29) is 12.4 Å². The number of nitrogens with one attached hydrogen (secondary N) is 1. The number of aromatic amines is 1. The number of methoxy groups -OCH3 is 1. The molecule has 0 saturated carbocycles. The van der Waals surface area contributed by atoms with Crippen LogP contribution in [0, 0.1) is 0 Å². The van der Waals surface area contributed by atoms with E-state index in [2.05, 4.69) is 31.1 Å². The fraction of sp³-hybridized carbons (Fsp3) is 0.250. The maximum Gasteiger partial charge on any atom is 0.375 e. The lowest BCUT2D eigenvalue weighted by atomic mass is 10.2. The van der Waals surface area contributed by atoms with Gasteiger partial charge in [-0.05, 0) is 25.1 Å². The standard InChI is InChI=1S/C12H12BrN3O3/c1-3-19-12(17)11-14-10(15-16-11)8-6-7(13)4-5-9(8)18-2/h4-6H,3H2,1-2H3,(H,14,15,16). The largest absolute Gasteiger partial charge is 0.496 e. The minimum Gasteiger partial charge on any atom is -0.496 e. The molecule has 1 aromatic heterocycles. The zero-order chi connectivity index (χ0) is 13.8. The highest BCUT2D eigenvalue weighted by atomic mass is 79.9. The molecule has 0 atom stereocenters. The lowest BCUT2D eigenvalue weighted by Gasteiger charge is -2.05. The van der Waals surface area contributed by atoms with Gasteiger partial charge in [-0.3, -0.25) is 5.10 Å². The van der Waals surface area contributed by atoms with Crippen LogP contribution in [0.3, 0.4) is 0 Å². The summed E-state index contributed by atoms with van der Waals surface area (Å²) in [5.74, 6) is 0.535. The van der Waals surface area contributed by atoms with Gasteiger partial charge in [0.05, 0.1) is 19.3 Å². The quantitative estimate of drug-likeness (QED) is 0.873. The van der Waals surface area contributed by atoms with E-state index >= 15 is 0 Å². The topological polar surface area (TPSA) is 77.1 Å². The van der Waals surface area contributed by atoms with Gasteiger partial charge in [0.2, 0.25) is 5.82 Å². The molecule has 2 aromatic rings. The van der Waals surface area contributed by atoms with Crippen LogP contribution in [0.25, 0.3) is 11.4 Å². The molecule has 0 bridgehead atoms. The van der Waals surface area contributed by atoms with Crippen LogP contribution in [-0.4, -0.2) is 34.9 Å². The Balaban J connectivity index is 2.37. The molecule has 0 unspecified atom stereocenters. The molecular formula is C12H12BrN3O3. The summed E-state index contributed by atoms with van der Waals surface area (Å²) in [6.45, 7) is 2.02. The highest BCUT2D eigenvalue weighted by Crippen LogP contribution is 2.30. The molecule has 1 N–H and O–H groups in total. The number of carbonyl (C=O) groups excluding carboxylic acids is 1. The Hall–Kier alpha value is -1.89. The van der Waals surface area contributed by atoms with Crippen LogP contribution >= 0.6 is 15.9 Å². The van der Waals surface area contributed by atoms with Crippen LogP contribution in [0.1, 0.15) is 17.5 Å². The molecule has 0 spiro atoms. The summed E-state index contributed by atoms with van der Waals surface area (Å²) < 4.78 is 11.0. The highest BCUT2D eigenvalue weighted by molar-refractivity contribution is 9.10. The van der Waals surface area contributed by atoms with Crippen molar-refractivity contribution in [2.75, 3.05) is 13.7 Å². The van der Waals surface area contributed by atoms with E-state index in [1.807, 2.05) is 12.1 Å². The Bertz CT molecular complexity index is 598. The molecule has 0 fully saturated rings. The molecule has 100 valence electrons. The molecule has 0 amide bonds. The molecule has 2 rings (SSSR count). The van der Waals surface area contributed by atoms with Crippen LogP contribution in [0.15, 0.2) is 22.7 Å². The fourth-order valence-electron chi connectivity index (χ4n) is 1.53. The number of H-pyrrole nitrogens is 1. The van der Waals surface area contributed by atoms with E-state index in [0.717, 1.165) is 4.47 Å². The van der Waals surface area contributed by atoms with E-state index in [1.165, 1.54) is 0 Å². The van der Waals surface area contributed by atoms with Crippen LogP contribution in [0.2, 0.25) is 0 Å². The molecule has 7 heteroatoms. The second-order valence-electron chi connectivity index (χ2n) is 3.57. The van der Waals surface area contributed by atoms with E-state index < -0.39 is 5.97 Å². The maximum atomic E-state index is 11.5. The first-order valence-corrected chi connectivity index (χ1v) is 6.38. The first kappa shape index (κ1) is 13.5. The lowest BCUT2D eigenvalue weighted by molar-refractivity contribution is 0.0512. The number of aromatic nitrogens is 3. The van der Waals surface area contributed by atoms with Crippen LogP contribution < -0.4 is 4.74 Å². The number of halogens is 1. The van der Waals surface area contributed by atoms with Crippen molar-refractivity contribution in [2.24, 2.45) is 0 Å². The van der Waals surface area contributed by atoms with Gasteiger partial charge in [-0.15, -0.1) is 0 Å². The number of benzene rings is 1. The van der Waals surface area contributed by atoms with Crippen molar-refractivity contribution >= 4 is 21.9 Å². The Labute approximate surface area is 118 Å². The van der Waals surface area contributed by atoms with Gasteiger partial charge in [-0.2, -0.15) is 5.10 Å². The summed E-state index contributed by atoms with van der Waals surface area (Å²) in [4.78, 5) is 15.6. The average Bonchev–Trinajstić information content (AvgIpc) is 2.88. The molecule has 0 aliphatic heterocycles. The number of nitrogens with zero attached hydrogens (tertiary/aromatic N) is 2. The van der Waals surface area contributed by atoms with E-state index in [0.29, 0.717) is 17.1 Å². The van der Waals surface area contributed by atoms with Gasteiger partial charge >= 0.3 is 5.97 Å². The Morgan fingerprint density at radius 3 is 2.95 bits per heavy atom. The molecule has 0 aliphatic carbocycles. The summed E-state index contributed by atoms with van der Waals surface area (Å²) in [6.07, 6.45) is 0. The molecule has 0 aliphatic rings. The summed E-state index contributed by atoms with van der Waals surface area (Å²) in [5, 5.41) is 6.55. The lowest BCUT2D eigenvalue weighted by Crippen LogP contribution is -2.06. The van der Waals surface area contributed by atoms with Crippen molar-refractivity contribution in [3.8, 4) is 17.1 Å². The average molecular weight is 326 g/mol. The third-order valence-corrected chi connectivity index (χ3v) is 2.85. The van der Waals surface area contributed by atoms with Crippen LogP contribution in [-0.2, 0) is 4.74 Å². The van der Waals surface area contributed by atoms with Gasteiger partial charge < -0.3 is 9.47 Å². The van der Waals surface area contributed by atoms with Crippen molar-refractivity contribution in [1.29, 1.82) is 0 Å². The molecule has 1 aromatic carbocycles. The predicted molar refractivity (Wildman–Crippen MR) is 72.0 cm³/mol. The third kappa shape index (κ3) is 2.93. The maximum absolute atomic E-state index is 11.5. The smallest absolute Gasteiger partial charge is 0.375 e. The van der Waals surface area contributed by atoms with Gasteiger partial charge in [0.25, 0.3) is 0 Å². The van der Waals surface area contributed by atoms with Gasteiger partial charge in [0.15, 0.2) is 5.82 Å². The van der Waals surface area contributed by atoms with Crippen molar-refractivity contribution in [1.82, 2.24) is 15.2 Å². The number of carbonyl (C=O) groups is 1. The van der Waals surface area contributed by atoms with Gasteiger partial charge in [-0.25, -0.2) is 9.78 Å². The van der Waals surface area contributed by atoms with E-state index in [1.54, 1.807) is 20.1 Å². The monoisotopic (exact) mass is 325 g/mol. The van der Waals surface area contributed by atoms with Crippen LogP contribution in [0.5, 0.6) is 5.75 Å². The number of esters is 1. The van der Waals surface area contributed by atoms with E-state index in [4.69, 9.17) is 9.47 Å². The number of hydrogen-bond acceptors (Lipinski definition) is 5. The van der Waals surface area contributed by atoms with E-state index in [9.17, 15) is 4.79 Å². The summed E-state index contributed by atoms with van der Waals surface area (Å²) in [7, 11) is 1.56. The molecule has 0 radical (unpaired) electrons. The zero-order valence-corrected chi connectivity index (χ0v) is 12.0. The molecule has 0 saturated heterocycles. The molecule has 1 heterocycles. The summed E-state index contributed by atoms with van der Waals surface area (Å²) in [5.41, 5.74) is 0.684. The fourth-order valence-corrected chi connectivity index (χ4v) is 1.89.